The van der Waals surface area contributed by atoms with Crippen molar-refractivity contribution in [1.29, 1.82) is 0 Å². The van der Waals surface area contributed by atoms with E-state index in [1.807, 2.05) is 0 Å². The van der Waals surface area contributed by atoms with Crippen LogP contribution in [-0.2, 0) is 0 Å². The molecule has 100 valence electrons. The van der Waals surface area contributed by atoms with Crippen LogP contribution in [0.1, 0.15) is 17.2 Å². The zero-order valence-electron chi connectivity index (χ0n) is 9.43. The fourth-order valence-corrected chi connectivity index (χ4v) is 2.26. The maximum atomic E-state index is 13.6. The van der Waals surface area contributed by atoms with Crippen LogP contribution in [0.4, 0.5) is 13.2 Å². The van der Waals surface area contributed by atoms with Gasteiger partial charge in [-0.1, -0.05) is 29.3 Å². The third-order valence-corrected chi connectivity index (χ3v) is 3.08. The summed E-state index contributed by atoms with van der Waals surface area (Å²) in [7, 11) is 0. The van der Waals surface area contributed by atoms with Crippen molar-refractivity contribution < 1.29 is 13.2 Å². The van der Waals surface area contributed by atoms with E-state index in [1.165, 1.54) is 18.2 Å². The van der Waals surface area contributed by atoms with Crippen LogP contribution < -0.4 is 5.73 Å². The highest BCUT2D eigenvalue weighted by Gasteiger charge is 2.20. The van der Waals surface area contributed by atoms with E-state index in [-0.39, 0.29) is 5.56 Å². The van der Waals surface area contributed by atoms with Crippen molar-refractivity contribution in [2.75, 3.05) is 0 Å². The van der Waals surface area contributed by atoms with Gasteiger partial charge in [0.15, 0.2) is 17.5 Å². The largest absolute Gasteiger partial charge is 0.320 e. The molecule has 6 heteroatoms. The Labute approximate surface area is 117 Å². The van der Waals surface area contributed by atoms with Gasteiger partial charge < -0.3 is 5.73 Å². The van der Waals surface area contributed by atoms with Gasteiger partial charge in [-0.05, 0) is 29.8 Å². The van der Waals surface area contributed by atoms with E-state index in [0.717, 1.165) is 12.1 Å². The first-order valence-corrected chi connectivity index (χ1v) is 6.00. The zero-order valence-corrected chi connectivity index (χ0v) is 10.9. The summed E-state index contributed by atoms with van der Waals surface area (Å²) in [5.74, 6) is -4.14. The van der Waals surface area contributed by atoms with Crippen molar-refractivity contribution in [3.63, 3.8) is 0 Å². The van der Waals surface area contributed by atoms with Gasteiger partial charge in [-0.2, -0.15) is 0 Å². The van der Waals surface area contributed by atoms with E-state index >= 15 is 0 Å². The Morgan fingerprint density at radius 1 is 0.895 bits per heavy atom. The summed E-state index contributed by atoms with van der Waals surface area (Å²) >= 11 is 11.6. The molecule has 0 bridgehead atoms. The normalized spacial score (nSPS) is 12.5. The molecule has 1 unspecified atom stereocenters. The van der Waals surface area contributed by atoms with E-state index in [2.05, 4.69) is 0 Å². The van der Waals surface area contributed by atoms with Gasteiger partial charge in [0.2, 0.25) is 0 Å². The van der Waals surface area contributed by atoms with Crippen molar-refractivity contribution in [1.82, 2.24) is 0 Å². The molecule has 2 rings (SSSR count). The van der Waals surface area contributed by atoms with Crippen molar-refractivity contribution in [3.8, 4) is 0 Å². The molecule has 0 fully saturated rings. The molecule has 0 aromatic heterocycles. The summed E-state index contributed by atoms with van der Waals surface area (Å²) in [5.41, 5.74) is 6.06. The average Bonchev–Trinajstić information content (AvgIpc) is 2.34. The van der Waals surface area contributed by atoms with Gasteiger partial charge >= 0.3 is 0 Å². The molecule has 0 heterocycles. The molecule has 0 spiro atoms. The second-order valence-electron chi connectivity index (χ2n) is 3.95. The molecule has 2 N–H and O–H groups in total. The van der Waals surface area contributed by atoms with Gasteiger partial charge in [0, 0.05) is 15.6 Å². The predicted molar refractivity (Wildman–Crippen MR) is 68.8 cm³/mol. The summed E-state index contributed by atoms with van der Waals surface area (Å²) in [5, 5.41) is 0.641. The van der Waals surface area contributed by atoms with Gasteiger partial charge in [-0.3, -0.25) is 0 Å². The van der Waals surface area contributed by atoms with E-state index in [4.69, 9.17) is 28.9 Å². The van der Waals surface area contributed by atoms with E-state index in [0.29, 0.717) is 15.6 Å². The summed E-state index contributed by atoms with van der Waals surface area (Å²) in [4.78, 5) is 0. The van der Waals surface area contributed by atoms with Crippen LogP contribution in [0.15, 0.2) is 30.3 Å². The highest BCUT2D eigenvalue weighted by molar-refractivity contribution is 6.34. The van der Waals surface area contributed by atoms with Crippen molar-refractivity contribution in [2.45, 2.75) is 6.04 Å². The molecule has 0 radical (unpaired) electrons. The Morgan fingerprint density at radius 2 is 1.47 bits per heavy atom. The van der Waals surface area contributed by atoms with Crippen LogP contribution in [-0.4, -0.2) is 0 Å². The van der Waals surface area contributed by atoms with Gasteiger partial charge in [0.05, 0.1) is 6.04 Å². The standard InChI is InChI=1S/C13H8Cl2F3N/c14-7-3-6(4-8(15)5-7)13(19)9-1-2-10(16)12(18)11(9)17/h1-5,13H,19H2. The molecule has 19 heavy (non-hydrogen) atoms. The maximum Gasteiger partial charge on any atom is 0.194 e. The molecule has 0 aliphatic rings. The number of benzene rings is 2. The first-order valence-electron chi connectivity index (χ1n) is 5.25. The van der Waals surface area contributed by atoms with Gasteiger partial charge in [0.1, 0.15) is 0 Å². The molecular weight excluding hydrogens is 298 g/mol. The van der Waals surface area contributed by atoms with E-state index in [9.17, 15) is 13.2 Å². The van der Waals surface area contributed by atoms with Gasteiger partial charge in [-0.25, -0.2) is 13.2 Å². The third-order valence-electron chi connectivity index (χ3n) is 2.64. The number of rotatable bonds is 2. The first-order chi connectivity index (χ1) is 8.90. The zero-order chi connectivity index (χ0) is 14.2. The monoisotopic (exact) mass is 305 g/mol. The summed E-state index contributed by atoms with van der Waals surface area (Å²) in [6.45, 7) is 0. The molecule has 0 aliphatic carbocycles. The summed E-state index contributed by atoms with van der Waals surface area (Å²) in [6.07, 6.45) is 0. The molecule has 2 aromatic carbocycles. The number of nitrogens with two attached hydrogens (primary N) is 1. The Bertz CT molecular complexity index is 611. The fraction of sp³-hybridized carbons (Fsp3) is 0.0769. The fourth-order valence-electron chi connectivity index (χ4n) is 1.72. The lowest BCUT2D eigenvalue weighted by Crippen LogP contribution is -2.15. The third kappa shape index (κ3) is 2.86. The predicted octanol–water partition coefficient (Wildman–Crippen LogP) is 4.46. The van der Waals surface area contributed by atoms with E-state index < -0.39 is 23.5 Å². The summed E-state index contributed by atoms with van der Waals surface area (Å²) in [6, 6.07) is 5.37. The molecule has 0 saturated heterocycles. The topological polar surface area (TPSA) is 26.0 Å². The lowest BCUT2D eigenvalue weighted by Gasteiger charge is -2.14. The van der Waals surface area contributed by atoms with Crippen molar-refractivity contribution in [2.24, 2.45) is 5.73 Å². The Hall–Kier alpha value is -1.23. The molecule has 0 amide bonds. The molecule has 0 aliphatic heterocycles. The van der Waals surface area contributed by atoms with Crippen LogP contribution in [0.2, 0.25) is 10.0 Å². The quantitative estimate of drug-likeness (QED) is 0.815. The minimum Gasteiger partial charge on any atom is -0.320 e. The SMILES string of the molecule is NC(c1cc(Cl)cc(Cl)c1)c1ccc(F)c(F)c1F. The van der Waals surface area contributed by atoms with Crippen LogP contribution in [0.3, 0.4) is 0 Å². The molecule has 0 saturated carbocycles. The maximum absolute atomic E-state index is 13.6. The average molecular weight is 306 g/mol. The smallest absolute Gasteiger partial charge is 0.194 e. The lowest BCUT2D eigenvalue weighted by molar-refractivity contribution is 0.438. The highest BCUT2D eigenvalue weighted by atomic mass is 35.5. The molecular formula is C13H8Cl2F3N. The second kappa shape index (κ2) is 5.41. The summed E-state index contributed by atoms with van der Waals surface area (Å²) < 4.78 is 39.7. The van der Waals surface area contributed by atoms with Crippen LogP contribution in [0.5, 0.6) is 0 Å². The number of hydrogen-bond donors (Lipinski definition) is 1. The lowest BCUT2D eigenvalue weighted by atomic mass is 9.99. The number of hydrogen-bond acceptors (Lipinski definition) is 1. The van der Waals surface area contributed by atoms with Crippen LogP contribution in [0.25, 0.3) is 0 Å². The van der Waals surface area contributed by atoms with Gasteiger partial charge in [0.25, 0.3) is 0 Å². The molecule has 2 aromatic rings. The van der Waals surface area contributed by atoms with Gasteiger partial charge in [-0.15, -0.1) is 0 Å². The minimum atomic E-state index is -1.55. The van der Waals surface area contributed by atoms with Crippen molar-refractivity contribution >= 4 is 23.2 Å². The molecule has 1 nitrogen and oxygen atoms in total. The Kier molecular flexibility index (Phi) is 4.04. The second-order valence-corrected chi connectivity index (χ2v) is 4.82. The Balaban J connectivity index is 2.50. The van der Waals surface area contributed by atoms with Crippen LogP contribution in [0, 0.1) is 17.5 Å². The minimum absolute atomic E-state index is 0.169. The first kappa shape index (κ1) is 14.2. The van der Waals surface area contributed by atoms with Crippen molar-refractivity contribution in [3.05, 3.63) is 69.0 Å². The number of halogens is 5. The van der Waals surface area contributed by atoms with E-state index in [1.54, 1.807) is 0 Å². The molecule has 1 atom stereocenters. The highest BCUT2D eigenvalue weighted by Crippen LogP contribution is 2.28. The van der Waals surface area contributed by atoms with Crippen LogP contribution >= 0.6 is 23.2 Å². The Morgan fingerprint density at radius 3 is 2.05 bits per heavy atom.